The maximum atomic E-state index is 13.2. The van der Waals surface area contributed by atoms with Crippen LogP contribution in [-0.4, -0.2) is 55.2 Å². The number of nitrogens with zero attached hydrogens (tertiary/aromatic N) is 6. The topological polar surface area (TPSA) is 86.0 Å². The molecule has 3 heterocycles. The van der Waals surface area contributed by atoms with E-state index in [1.54, 1.807) is 12.4 Å². The number of hydrogen-bond donors (Lipinski definition) is 0. The molecule has 1 atom stereocenters. The molecular weight excluding hydrogens is 344 g/mol. The van der Waals surface area contributed by atoms with Crippen LogP contribution in [0.5, 0.6) is 5.75 Å². The van der Waals surface area contributed by atoms with Crippen molar-refractivity contribution in [2.24, 2.45) is 0 Å². The number of carbonyl (C=O) groups is 1. The van der Waals surface area contributed by atoms with Crippen LogP contribution >= 0.6 is 0 Å². The first-order valence-corrected chi connectivity index (χ1v) is 8.94. The van der Waals surface area contributed by atoms with E-state index in [4.69, 9.17) is 4.74 Å². The summed E-state index contributed by atoms with van der Waals surface area (Å²) in [7, 11) is 0. The molecule has 0 saturated carbocycles. The minimum atomic E-state index is -0.558. The van der Waals surface area contributed by atoms with Gasteiger partial charge >= 0.3 is 0 Å². The Hall–Kier alpha value is -3.29. The van der Waals surface area contributed by atoms with Gasteiger partial charge in [0.1, 0.15) is 18.2 Å². The molecule has 1 aliphatic heterocycles. The van der Waals surface area contributed by atoms with Crippen molar-refractivity contribution in [3.8, 4) is 5.75 Å². The van der Waals surface area contributed by atoms with Gasteiger partial charge in [0.25, 0.3) is 5.91 Å². The fourth-order valence-electron chi connectivity index (χ4n) is 3.31. The number of ether oxygens (including phenoxy) is 1. The number of pyridine rings is 1. The van der Waals surface area contributed by atoms with Crippen molar-refractivity contribution in [3.63, 3.8) is 0 Å². The van der Waals surface area contributed by atoms with Crippen LogP contribution in [0.2, 0.25) is 0 Å². The molecule has 1 aromatic carbocycles. The predicted molar refractivity (Wildman–Crippen MR) is 96.9 cm³/mol. The summed E-state index contributed by atoms with van der Waals surface area (Å²) in [6.07, 6.45) is 6.54. The van der Waals surface area contributed by atoms with Crippen molar-refractivity contribution < 1.29 is 9.53 Å². The molecule has 2 aromatic heterocycles. The van der Waals surface area contributed by atoms with Gasteiger partial charge in [0.2, 0.25) is 0 Å². The number of hydrogen-bond acceptors (Lipinski definition) is 6. The summed E-state index contributed by atoms with van der Waals surface area (Å²) in [6, 6.07) is 12.8. The quantitative estimate of drug-likeness (QED) is 0.685. The Morgan fingerprint density at radius 2 is 1.93 bits per heavy atom. The lowest BCUT2D eigenvalue weighted by Crippen LogP contribution is -2.45. The summed E-state index contributed by atoms with van der Waals surface area (Å²) >= 11 is 0. The number of aromatic nitrogens is 5. The van der Waals surface area contributed by atoms with Gasteiger partial charge in [-0.15, -0.1) is 5.10 Å². The van der Waals surface area contributed by atoms with Crippen LogP contribution in [0.1, 0.15) is 24.4 Å². The molecule has 8 heteroatoms. The molecule has 3 aromatic rings. The average molecular weight is 364 g/mol. The molecule has 0 aliphatic carbocycles. The second-order valence-electron chi connectivity index (χ2n) is 6.43. The number of amides is 1. The molecule has 1 unspecified atom stereocenters. The molecule has 1 saturated heterocycles. The van der Waals surface area contributed by atoms with E-state index in [-0.39, 0.29) is 12.0 Å². The van der Waals surface area contributed by atoms with Gasteiger partial charge in [-0.25, -0.2) is 4.68 Å². The number of piperidine rings is 1. The largest absolute Gasteiger partial charge is 0.489 e. The molecular formula is C19H20N6O2. The number of rotatable bonds is 5. The monoisotopic (exact) mass is 364 g/mol. The Balaban J connectivity index is 1.44. The molecule has 0 spiro atoms. The van der Waals surface area contributed by atoms with Gasteiger partial charge in [0, 0.05) is 32.1 Å². The van der Waals surface area contributed by atoms with Crippen LogP contribution in [0.15, 0.2) is 61.2 Å². The lowest BCUT2D eigenvalue weighted by atomic mass is 10.0. The van der Waals surface area contributed by atoms with Gasteiger partial charge in [-0.2, -0.15) is 0 Å². The smallest absolute Gasteiger partial charge is 0.252 e. The normalized spacial score (nSPS) is 16.1. The lowest BCUT2D eigenvalue weighted by Gasteiger charge is -2.34. The molecule has 27 heavy (non-hydrogen) atoms. The van der Waals surface area contributed by atoms with E-state index in [1.807, 2.05) is 47.4 Å². The number of likely N-dealkylation sites (tertiary alicyclic amines) is 1. The van der Waals surface area contributed by atoms with E-state index >= 15 is 0 Å². The highest BCUT2D eigenvalue weighted by molar-refractivity contribution is 5.83. The summed E-state index contributed by atoms with van der Waals surface area (Å²) in [5, 5.41) is 11.3. The van der Waals surface area contributed by atoms with E-state index < -0.39 is 6.04 Å². The van der Waals surface area contributed by atoms with E-state index in [9.17, 15) is 4.79 Å². The minimum Gasteiger partial charge on any atom is -0.489 e. The van der Waals surface area contributed by atoms with Crippen LogP contribution in [-0.2, 0) is 4.79 Å². The van der Waals surface area contributed by atoms with Gasteiger partial charge in [0.15, 0.2) is 6.04 Å². The maximum absolute atomic E-state index is 13.2. The zero-order valence-corrected chi connectivity index (χ0v) is 14.8. The predicted octanol–water partition coefficient (Wildman–Crippen LogP) is 1.73. The van der Waals surface area contributed by atoms with Crippen molar-refractivity contribution in [3.05, 3.63) is 66.7 Å². The Morgan fingerprint density at radius 1 is 1.11 bits per heavy atom. The Kier molecular flexibility index (Phi) is 5.04. The Morgan fingerprint density at radius 3 is 2.59 bits per heavy atom. The van der Waals surface area contributed by atoms with Crippen LogP contribution in [0, 0.1) is 0 Å². The second kappa shape index (κ2) is 7.94. The van der Waals surface area contributed by atoms with Crippen LogP contribution in [0.25, 0.3) is 0 Å². The van der Waals surface area contributed by atoms with Crippen molar-refractivity contribution in [2.75, 3.05) is 13.1 Å². The fourth-order valence-corrected chi connectivity index (χ4v) is 3.31. The van der Waals surface area contributed by atoms with Crippen LogP contribution in [0.4, 0.5) is 0 Å². The first kappa shape index (κ1) is 17.1. The van der Waals surface area contributed by atoms with Crippen molar-refractivity contribution in [2.45, 2.75) is 25.0 Å². The zero-order valence-electron chi connectivity index (χ0n) is 14.8. The summed E-state index contributed by atoms with van der Waals surface area (Å²) in [4.78, 5) is 19.2. The summed E-state index contributed by atoms with van der Waals surface area (Å²) in [5.41, 5.74) is 0.864. The Labute approximate surface area is 156 Å². The second-order valence-corrected chi connectivity index (χ2v) is 6.43. The van der Waals surface area contributed by atoms with Gasteiger partial charge in [-0.05, 0) is 28.1 Å². The van der Waals surface area contributed by atoms with Gasteiger partial charge in [-0.3, -0.25) is 9.78 Å². The van der Waals surface area contributed by atoms with Crippen molar-refractivity contribution in [1.82, 2.24) is 30.1 Å². The SMILES string of the molecule is O=C(C(c1ccccc1)n1cnnn1)N1CCC(Oc2cccnc2)CC1. The standard InChI is InChI=1S/C19H20N6O2/c26-19(18(25-14-21-22-23-25)15-5-2-1-3-6-15)24-11-8-16(9-12-24)27-17-7-4-10-20-13-17/h1-7,10,13-14,16,18H,8-9,11-12H2. The average Bonchev–Trinajstić information content (AvgIpc) is 3.24. The molecule has 0 N–H and O–H groups in total. The third kappa shape index (κ3) is 3.94. The van der Waals surface area contributed by atoms with Crippen LogP contribution in [0.3, 0.4) is 0 Å². The van der Waals surface area contributed by atoms with Gasteiger partial charge in [-0.1, -0.05) is 30.3 Å². The molecule has 1 aliphatic rings. The molecule has 8 nitrogen and oxygen atoms in total. The zero-order chi connectivity index (χ0) is 18.5. The van der Waals surface area contributed by atoms with Crippen LogP contribution < -0.4 is 4.74 Å². The summed E-state index contributed by atoms with van der Waals surface area (Å²) in [5.74, 6) is 0.756. The van der Waals surface area contributed by atoms with Gasteiger partial charge < -0.3 is 9.64 Å². The maximum Gasteiger partial charge on any atom is 0.252 e. The molecule has 1 amide bonds. The highest BCUT2D eigenvalue weighted by atomic mass is 16.5. The van der Waals surface area contributed by atoms with Gasteiger partial charge in [0.05, 0.1) is 6.20 Å². The van der Waals surface area contributed by atoms with E-state index in [0.717, 1.165) is 24.2 Å². The number of tetrazole rings is 1. The molecule has 0 bridgehead atoms. The first-order chi connectivity index (χ1) is 13.3. The first-order valence-electron chi connectivity index (χ1n) is 8.94. The summed E-state index contributed by atoms with van der Waals surface area (Å²) in [6.45, 7) is 1.27. The Bertz CT molecular complexity index is 848. The van der Waals surface area contributed by atoms with E-state index in [1.165, 1.54) is 11.0 Å². The highest BCUT2D eigenvalue weighted by Gasteiger charge is 2.31. The third-order valence-corrected chi connectivity index (χ3v) is 4.67. The van der Waals surface area contributed by atoms with E-state index in [2.05, 4.69) is 20.5 Å². The molecule has 138 valence electrons. The van der Waals surface area contributed by atoms with E-state index in [0.29, 0.717) is 13.1 Å². The molecule has 4 rings (SSSR count). The lowest BCUT2D eigenvalue weighted by molar-refractivity contribution is -0.135. The number of benzene rings is 1. The molecule has 0 radical (unpaired) electrons. The van der Waals surface area contributed by atoms with Crippen molar-refractivity contribution in [1.29, 1.82) is 0 Å². The minimum absolute atomic E-state index is 0.00618. The third-order valence-electron chi connectivity index (χ3n) is 4.67. The summed E-state index contributed by atoms with van der Waals surface area (Å²) < 4.78 is 7.47. The highest BCUT2D eigenvalue weighted by Crippen LogP contribution is 2.23. The fraction of sp³-hybridized carbons (Fsp3) is 0.316. The number of carbonyl (C=O) groups excluding carboxylic acids is 1. The molecule has 1 fully saturated rings. The van der Waals surface area contributed by atoms with Crippen molar-refractivity contribution >= 4 is 5.91 Å².